The zero-order valence-electron chi connectivity index (χ0n) is 11.7. The Morgan fingerprint density at radius 2 is 2.05 bits per heavy atom. The van der Waals surface area contributed by atoms with Gasteiger partial charge in [-0.1, -0.05) is 11.6 Å². The average molecular weight is 332 g/mol. The SMILES string of the molecule is CSc1ccc(Cl)c(C(=O)N2CCC(C(C)Cl)CC2)c1. The molecule has 0 aromatic heterocycles. The van der Waals surface area contributed by atoms with E-state index < -0.39 is 0 Å². The third-order valence-electron chi connectivity index (χ3n) is 3.88. The number of piperidine rings is 1. The third-order valence-corrected chi connectivity index (χ3v) is 5.29. The molecule has 1 aromatic carbocycles. The molecule has 0 radical (unpaired) electrons. The number of carbonyl (C=O) groups excluding carboxylic acids is 1. The predicted octanol–water partition coefficient (Wildman–Crippen LogP) is 4.54. The molecular formula is C15H19Cl2NOS. The quantitative estimate of drug-likeness (QED) is 0.598. The van der Waals surface area contributed by atoms with Gasteiger partial charge in [0.25, 0.3) is 5.91 Å². The zero-order valence-corrected chi connectivity index (χ0v) is 14.1. The van der Waals surface area contributed by atoms with Crippen molar-refractivity contribution in [2.75, 3.05) is 19.3 Å². The number of hydrogen-bond donors (Lipinski definition) is 0. The molecule has 1 atom stereocenters. The zero-order chi connectivity index (χ0) is 14.7. The van der Waals surface area contributed by atoms with E-state index >= 15 is 0 Å². The van der Waals surface area contributed by atoms with E-state index in [-0.39, 0.29) is 11.3 Å². The van der Waals surface area contributed by atoms with Crippen LogP contribution in [0.3, 0.4) is 0 Å². The van der Waals surface area contributed by atoms with Crippen LogP contribution < -0.4 is 0 Å². The van der Waals surface area contributed by atoms with Gasteiger partial charge in [-0.2, -0.15) is 0 Å². The van der Waals surface area contributed by atoms with Gasteiger partial charge in [0.2, 0.25) is 0 Å². The molecular weight excluding hydrogens is 313 g/mol. The molecule has 0 bridgehead atoms. The van der Waals surface area contributed by atoms with Crippen LogP contribution in [-0.2, 0) is 0 Å². The third kappa shape index (κ3) is 3.63. The summed E-state index contributed by atoms with van der Waals surface area (Å²) in [4.78, 5) is 15.5. The summed E-state index contributed by atoms with van der Waals surface area (Å²) >= 11 is 13.9. The van der Waals surface area contributed by atoms with Crippen molar-refractivity contribution in [2.45, 2.75) is 30.0 Å². The molecule has 1 aromatic rings. The number of hydrogen-bond acceptors (Lipinski definition) is 2. The Kier molecular flexibility index (Phi) is 5.65. The summed E-state index contributed by atoms with van der Waals surface area (Å²) in [6, 6.07) is 5.62. The summed E-state index contributed by atoms with van der Waals surface area (Å²) < 4.78 is 0. The molecule has 2 rings (SSSR count). The van der Waals surface area contributed by atoms with Crippen LogP contribution in [-0.4, -0.2) is 35.5 Å². The van der Waals surface area contributed by atoms with Crippen LogP contribution in [0, 0.1) is 5.92 Å². The first-order valence-electron chi connectivity index (χ1n) is 6.79. The lowest BCUT2D eigenvalue weighted by Crippen LogP contribution is -2.40. The Morgan fingerprint density at radius 3 is 2.60 bits per heavy atom. The second kappa shape index (κ2) is 7.06. The molecule has 0 aliphatic carbocycles. The van der Waals surface area contributed by atoms with Crippen LogP contribution in [0.1, 0.15) is 30.1 Å². The second-order valence-electron chi connectivity index (χ2n) is 5.15. The number of carbonyl (C=O) groups is 1. The molecule has 0 N–H and O–H groups in total. The lowest BCUT2D eigenvalue weighted by atomic mass is 9.93. The van der Waals surface area contributed by atoms with E-state index in [9.17, 15) is 4.79 Å². The number of halogens is 2. The van der Waals surface area contributed by atoms with Crippen molar-refractivity contribution < 1.29 is 4.79 Å². The molecule has 1 aliphatic heterocycles. The van der Waals surface area contributed by atoms with E-state index in [0.717, 1.165) is 30.8 Å². The van der Waals surface area contributed by atoms with Crippen LogP contribution in [0.25, 0.3) is 0 Å². The van der Waals surface area contributed by atoms with Crippen LogP contribution in [0.4, 0.5) is 0 Å². The Bertz CT molecular complexity index is 485. The summed E-state index contributed by atoms with van der Waals surface area (Å²) in [5.74, 6) is 0.542. The number of benzene rings is 1. The summed E-state index contributed by atoms with van der Waals surface area (Å²) in [6.07, 6.45) is 3.93. The largest absolute Gasteiger partial charge is 0.339 e. The van der Waals surface area contributed by atoms with Crippen molar-refractivity contribution in [1.29, 1.82) is 0 Å². The van der Waals surface area contributed by atoms with Crippen LogP contribution >= 0.6 is 35.0 Å². The van der Waals surface area contributed by atoms with Gasteiger partial charge in [-0.15, -0.1) is 23.4 Å². The number of thioether (sulfide) groups is 1. The van der Waals surface area contributed by atoms with E-state index in [0.29, 0.717) is 16.5 Å². The molecule has 5 heteroatoms. The Hall–Kier alpha value is -0.380. The smallest absolute Gasteiger partial charge is 0.255 e. The minimum absolute atomic E-state index is 0.0339. The maximum Gasteiger partial charge on any atom is 0.255 e. The maximum absolute atomic E-state index is 12.6. The molecule has 2 nitrogen and oxygen atoms in total. The number of nitrogens with zero attached hydrogens (tertiary/aromatic N) is 1. The minimum atomic E-state index is 0.0339. The van der Waals surface area contributed by atoms with Gasteiger partial charge >= 0.3 is 0 Å². The van der Waals surface area contributed by atoms with Crippen molar-refractivity contribution in [3.63, 3.8) is 0 Å². The Morgan fingerprint density at radius 1 is 1.40 bits per heavy atom. The topological polar surface area (TPSA) is 20.3 Å². The fraction of sp³-hybridized carbons (Fsp3) is 0.533. The summed E-state index contributed by atoms with van der Waals surface area (Å²) in [6.45, 7) is 3.56. The van der Waals surface area contributed by atoms with E-state index in [2.05, 4.69) is 0 Å². The fourth-order valence-corrected chi connectivity index (χ4v) is 3.42. The normalized spacial score (nSPS) is 18.1. The van der Waals surface area contributed by atoms with Crippen molar-refractivity contribution in [2.24, 2.45) is 5.92 Å². The van der Waals surface area contributed by atoms with Gasteiger partial charge in [0, 0.05) is 23.4 Å². The molecule has 1 heterocycles. The number of likely N-dealkylation sites (tertiary alicyclic amines) is 1. The lowest BCUT2D eigenvalue weighted by molar-refractivity contribution is 0.0690. The number of rotatable bonds is 3. The molecule has 1 amide bonds. The summed E-state index contributed by atoms with van der Waals surface area (Å²) in [5, 5.41) is 0.705. The Labute approximate surface area is 134 Å². The van der Waals surface area contributed by atoms with E-state index in [4.69, 9.17) is 23.2 Å². The number of alkyl halides is 1. The van der Waals surface area contributed by atoms with E-state index in [1.54, 1.807) is 17.8 Å². The van der Waals surface area contributed by atoms with Crippen molar-refractivity contribution in [3.05, 3.63) is 28.8 Å². The van der Waals surface area contributed by atoms with E-state index in [1.165, 1.54) is 0 Å². The molecule has 1 aliphatic rings. The van der Waals surface area contributed by atoms with Gasteiger partial charge < -0.3 is 4.90 Å². The standard InChI is InChI=1S/C15H19Cl2NOS/c1-10(16)11-5-7-18(8-6-11)15(19)13-9-12(20-2)3-4-14(13)17/h3-4,9-11H,5-8H2,1-2H3. The van der Waals surface area contributed by atoms with Gasteiger partial charge in [0.15, 0.2) is 0 Å². The maximum atomic E-state index is 12.6. The van der Waals surface area contributed by atoms with Gasteiger partial charge in [-0.25, -0.2) is 0 Å². The minimum Gasteiger partial charge on any atom is -0.339 e. The molecule has 20 heavy (non-hydrogen) atoms. The van der Waals surface area contributed by atoms with Crippen LogP contribution in [0.2, 0.25) is 5.02 Å². The lowest BCUT2D eigenvalue weighted by Gasteiger charge is -2.33. The molecule has 0 spiro atoms. The number of amides is 1. The molecule has 0 saturated carbocycles. The first-order valence-corrected chi connectivity index (χ1v) is 8.83. The molecule has 110 valence electrons. The first-order chi connectivity index (χ1) is 9.52. The van der Waals surface area contributed by atoms with Crippen molar-refractivity contribution in [1.82, 2.24) is 4.90 Å². The van der Waals surface area contributed by atoms with Crippen LogP contribution in [0.15, 0.2) is 23.1 Å². The van der Waals surface area contributed by atoms with Crippen molar-refractivity contribution in [3.8, 4) is 0 Å². The van der Waals surface area contributed by atoms with Gasteiger partial charge in [0.1, 0.15) is 0 Å². The highest BCUT2D eigenvalue weighted by Gasteiger charge is 2.27. The highest BCUT2D eigenvalue weighted by atomic mass is 35.5. The molecule has 1 saturated heterocycles. The Balaban J connectivity index is 2.09. The monoisotopic (exact) mass is 331 g/mol. The van der Waals surface area contributed by atoms with Gasteiger partial charge in [-0.3, -0.25) is 4.79 Å². The van der Waals surface area contributed by atoms with Crippen LogP contribution in [0.5, 0.6) is 0 Å². The predicted molar refractivity (Wildman–Crippen MR) is 87.2 cm³/mol. The highest BCUT2D eigenvalue weighted by Crippen LogP contribution is 2.28. The fourth-order valence-electron chi connectivity index (χ4n) is 2.53. The molecule has 1 unspecified atom stereocenters. The molecule has 1 fully saturated rings. The first kappa shape index (κ1) is 16.0. The van der Waals surface area contributed by atoms with Gasteiger partial charge in [-0.05, 0) is 50.1 Å². The average Bonchev–Trinajstić information content (AvgIpc) is 2.47. The van der Waals surface area contributed by atoms with Crippen molar-refractivity contribution >= 4 is 40.9 Å². The summed E-state index contributed by atoms with van der Waals surface area (Å²) in [7, 11) is 0. The van der Waals surface area contributed by atoms with E-state index in [1.807, 2.05) is 30.2 Å². The highest BCUT2D eigenvalue weighted by molar-refractivity contribution is 7.98. The second-order valence-corrected chi connectivity index (χ2v) is 7.13. The van der Waals surface area contributed by atoms with Gasteiger partial charge in [0.05, 0.1) is 10.6 Å². The summed E-state index contributed by atoms with van der Waals surface area (Å²) in [5.41, 5.74) is 0.607.